The van der Waals surface area contributed by atoms with E-state index in [0.29, 0.717) is 32.5 Å². The van der Waals surface area contributed by atoms with E-state index in [9.17, 15) is 14.4 Å². The maximum absolute atomic E-state index is 13.3. The van der Waals surface area contributed by atoms with E-state index >= 15 is 0 Å². The number of ether oxygens (including phenoxy) is 2. The summed E-state index contributed by atoms with van der Waals surface area (Å²) in [6.07, 6.45) is 4.46. The second-order valence-electron chi connectivity index (χ2n) is 8.71. The molecule has 0 aromatic carbocycles. The van der Waals surface area contributed by atoms with Crippen LogP contribution in [-0.4, -0.2) is 71.2 Å². The highest BCUT2D eigenvalue weighted by atomic mass is 16.6. The van der Waals surface area contributed by atoms with Crippen molar-refractivity contribution < 1.29 is 23.9 Å². The molecule has 1 aromatic rings. The van der Waals surface area contributed by atoms with Gasteiger partial charge in [0.15, 0.2) is 0 Å². The number of amides is 2. The number of hydrogen-bond acceptors (Lipinski definition) is 5. The van der Waals surface area contributed by atoms with Crippen LogP contribution in [0.3, 0.4) is 0 Å². The molecule has 154 valence electrons. The van der Waals surface area contributed by atoms with Crippen LogP contribution >= 0.6 is 0 Å². The molecule has 1 aromatic heterocycles. The molecule has 0 N–H and O–H groups in total. The number of aromatic nitrogens is 1. The van der Waals surface area contributed by atoms with Crippen LogP contribution in [0.5, 0.6) is 0 Å². The molecular formula is C20H29N3O5. The van der Waals surface area contributed by atoms with Crippen molar-refractivity contribution in [2.75, 3.05) is 33.3 Å². The maximum atomic E-state index is 13.3. The number of carbonyl (C=O) groups is 3. The van der Waals surface area contributed by atoms with Crippen molar-refractivity contribution in [1.29, 1.82) is 0 Å². The van der Waals surface area contributed by atoms with Crippen LogP contribution in [0.15, 0.2) is 24.5 Å². The molecule has 1 atom stereocenters. The van der Waals surface area contributed by atoms with Gasteiger partial charge in [0.1, 0.15) is 18.2 Å². The number of rotatable bonds is 4. The van der Waals surface area contributed by atoms with Crippen LogP contribution in [0, 0.1) is 5.41 Å². The third-order valence-electron chi connectivity index (χ3n) is 5.55. The Morgan fingerprint density at radius 1 is 1.21 bits per heavy atom. The Labute approximate surface area is 165 Å². The number of methoxy groups -OCH3 is 1. The molecule has 0 radical (unpaired) electrons. The average Bonchev–Trinajstić information content (AvgIpc) is 3.23. The van der Waals surface area contributed by atoms with Crippen molar-refractivity contribution in [3.63, 3.8) is 0 Å². The predicted molar refractivity (Wildman–Crippen MR) is 102 cm³/mol. The Hall–Kier alpha value is -2.51. The van der Waals surface area contributed by atoms with E-state index in [-0.39, 0.29) is 23.9 Å². The predicted octanol–water partition coefficient (Wildman–Crippen LogP) is 2.06. The minimum absolute atomic E-state index is 0.0780. The lowest BCUT2D eigenvalue weighted by Crippen LogP contribution is -2.51. The third kappa shape index (κ3) is 4.00. The lowest BCUT2D eigenvalue weighted by atomic mass is 9.84. The van der Waals surface area contributed by atoms with Crippen molar-refractivity contribution in [2.24, 2.45) is 5.41 Å². The lowest BCUT2D eigenvalue weighted by Gasteiger charge is -2.41. The molecule has 0 aliphatic carbocycles. The third-order valence-corrected chi connectivity index (χ3v) is 5.55. The van der Waals surface area contributed by atoms with Gasteiger partial charge in [0.05, 0.1) is 13.7 Å². The standard InChI is InChI=1S/C20H29N3O5/c1-19(2,3)16(21-9-5-6-10-21)17(25)22-11-7-20(8-12-22)14-23(18(26)28-20)13-15(24)27-4/h5-6,9-10,16H,7-8,11-14H2,1-4H3. The minimum Gasteiger partial charge on any atom is -0.468 e. The zero-order chi connectivity index (χ0) is 20.5. The molecule has 3 heterocycles. The highest BCUT2D eigenvalue weighted by molar-refractivity contribution is 5.82. The first-order valence-corrected chi connectivity index (χ1v) is 9.61. The van der Waals surface area contributed by atoms with Gasteiger partial charge in [0, 0.05) is 38.3 Å². The fourth-order valence-electron chi connectivity index (χ4n) is 4.07. The quantitative estimate of drug-likeness (QED) is 0.734. The van der Waals surface area contributed by atoms with E-state index < -0.39 is 17.7 Å². The van der Waals surface area contributed by atoms with Gasteiger partial charge in [-0.25, -0.2) is 4.79 Å². The molecule has 8 nitrogen and oxygen atoms in total. The highest BCUT2D eigenvalue weighted by Crippen LogP contribution is 2.37. The Kier molecular flexibility index (Phi) is 5.41. The van der Waals surface area contributed by atoms with Gasteiger partial charge in [-0.05, 0) is 17.5 Å². The van der Waals surface area contributed by atoms with Gasteiger partial charge in [0.2, 0.25) is 5.91 Å². The summed E-state index contributed by atoms with van der Waals surface area (Å²) in [5.41, 5.74) is -0.866. The van der Waals surface area contributed by atoms with Crippen molar-refractivity contribution in [3.05, 3.63) is 24.5 Å². The number of likely N-dealkylation sites (tertiary alicyclic amines) is 1. The Morgan fingerprint density at radius 2 is 1.82 bits per heavy atom. The fourth-order valence-corrected chi connectivity index (χ4v) is 4.07. The van der Waals surface area contributed by atoms with Crippen LogP contribution in [-0.2, 0) is 19.1 Å². The summed E-state index contributed by atoms with van der Waals surface area (Å²) in [7, 11) is 1.29. The molecule has 0 bridgehead atoms. The van der Waals surface area contributed by atoms with Gasteiger partial charge >= 0.3 is 12.1 Å². The maximum Gasteiger partial charge on any atom is 0.411 e. The van der Waals surface area contributed by atoms with Crippen LogP contribution < -0.4 is 0 Å². The van der Waals surface area contributed by atoms with Crippen LogP contribution in [0.2, 0.25) is 0 Å². The summed E-state index contributed by atoms with van der Waals surface area (Å²) in [5.74, 6) is -0.393. The molecule has 1 spiro atoms. The number of nitrogens with zero attached hydrogens (tertiary/aromatic N) is 3. The average molecular weight is 391 g/mol. The zero-order valence-electron chi connectivity index (χ0n) is 17.0. The van der Waals surface area contributed by atoms with E-state index in [2.05, 4.69) is 25.5 Å². The molecule has 2 aliphatic heterocycles. The van der Waals surface area contributed by atoms with E-state index in [1.54, 1.807) is 0 Å². The number of hydrogen-bond donors (Lipinski definition) is 0. The van der Waals surface area contributed by atoms with Crippen molar-refractivity contribution in [3.8, 4) is 0 Å². The summed E-state index contributed by atoms with van der Waals surface area (Å²) in [5, 5.41) is 0. The van der Waals surface area contributed by atoms with Gasteiger partial charge in [-0.1, -0.05) is 20.8 Å². The molecule has 8 heteroatoms. The molecule has 28 heavy (non-hydrogen) atoms. The van der Waals surface area contributed by atoms with Crippen molar-refractivity contribution >= 4 is 18.0 Å². The monoisotopic (exact) mass is 391 g/mol. The number of esters is 1. The fraction of sp³-hybridized carbons (Fsp3) is 0.650. The minimum atomic E-state index is -0.632. The highest BCUT2D eigenvalue weighted by Gasteiger charge is 2.49. The SMILES string of the molecule is COC(=O)CN1CC2(CCN(C(=O)C(n3cccc3)C(C)(C)C)CC2)OC1=O. The molecule has 2 fully saturated rings. The molecule has 1 unspecified atom stereocenters. The normalized spacial score (nSPS) is 20.2. The molecule has 2 saturated heterocycles. The molecule has 3 rings (SSSR count). The Morgan fingerprint density at radius 3 is 2.36 bits per heavy atom. The van der Waals surface area contributed by atoms with Crippen LogP contribution in [0.1, 0.15) is 39.7 Å². The molecule has 2 amide bonds. The van der Waals surface area contributed by atoms with E-state index in [4.69, 9.17) is 4.74 Å². The Bertz CT molecular complexity index is 730. The Balaban J connectivity index is 1.66. The zero-order valence-corrected chi connectivity index (χ0v) is 17.0. The summed E-state index contributed by atoms with van der Waals surface area (Å²) < 4.78 is 12.2. The topological polar surface area (TPSA) is 81.1 Å². The summed E-state index contributed by atoms with van der Waals surface area (Å²) in [6.45, 7) is 7.46. The van der Waals surface area contributed by atoms with Crippen molar-refractivity contribution in [1.82, 2.24) is 14.4 Å². The lowest BCUT2D eigenvalue weighted by molar-refractivity contribution is -0.141. The van der Waals surface area contributed by atoms with E-state index in [1.807, 2.05) is 34.0 Å². The number of carbonyl (C=O) groups excluding carboxylic acids is 3. The van der Waals surface area contributed by atoms with Crippen LogP contribution in [0.4, 0.5) is 4.79 Å². The van der Waals surface area contributed by atoms with Gasteiger partial charge in [-0.2, -0.15) is 0 Å². The molecule has 2 aliphatic rings. The molecule has 0 saturated carbocycles. The number of piperidine rings is 1. The first-order chi connectivity index (χ1) is 13.1. The van der Waals surface area contributed by atoms with Crippen molar-refractivity contribution in [2.45, 2.75) is 45.3 Å². The van der Waals surface area contributed by atoms with Gasteiger partial charge in [0.25, 0.3) is 0 Å². The first-order valence-electron chi connectivity index (χ1n) is 9.61. The van der Waals surface area contributed by atoms with E-state index in [1.165, 1.54) is 12.0 Å². The second-order valence-corrected chi connectivity index (χ2v) is 8.71. The first kappa shape index (κ1) is 20.2. The summed E-state index contributed by atoms with van der Waals surface area (Å²) in [4.78, 5) is 40.1. The van der Waals surface area contributed by atoms with E-state index in [0.717, 1.165) is 0 Å². The largest absolute Gasteiger partial charge is 0.468 e. The van der Waals surface area contributed by atoms with Gasteiger partial charge < -0.3 is 18.9 Å². The van der Waals surface area contributed by atoms with Crippen LogP contribution in [0.25, 0.3) is 0 Å². The second kappa shape index (κ2) is 7.48. The summed E-state index contributed by atoms with van der Waals surface area (Å²) >= 11 is 0. The smallest absolute Gasteiger partial charge is 0.411 e. The summed E-state index contributed by atoms with van der Waals surface area (Å²) in [6, 6.07) is 3.55. The van der Waals surface area contributed by atoms with Gasteiger partial charge in [-0.15, -0.1) is 0 Å². The molecular weight excluding hydrogens is 362 g/mol. The van der Waals surface area contributed by atoms with Gasteiger partial charge in [-0.3, -0.25) is 14.5 Å².